The summed E-state index contributed by atoms with van der Waals surface area (Å²) in [7, 11) is 2.63. The minimum atomic E-state index is -3.67. The van der Waals surface area contributed by atoms with Gasteiger partial charge in [-0.05, 0) is 38.7 Å². The zero-order chi connectivity index (χ0) is 23.5. The van der Waals surface area contributed by atoms with E-state index in [1.54, 1.807) is 38.1 Å². The van der Waals surface area contributed by atoms with Crippen molar-refractivity contribution >= 4 is 21.6 Å². The summed E-state index contributed by atoms with van der Waals surface area (Å²) in [5.74, 6) is -0.391. The molecule has 0 saturated heterocycles. The molecule has 0 amide bonds. The Bertz CT molecular complexity index is 1070. The number of sulfonamides is 1. The molecule has 0 aliphatic heterocycles. The third kappa shape index (κ3) is 5.71. The molecule has 11 heteroatoms. The van der Waals surface area contributed by atoms with Crippen LogP contribution < -0.4 is 5.73 Å². The Hall–Kier alpha value is -1.82. The van der Waals surface area contributed by atoms with Crippen LogP contribution in [0.3, 0.4) is 0 Å². The molecule has 1 aromatic heterocycles. The molecule has 8 nitrogen and oxygen atoms in total. The number of hydrogen-bond donors (Lipinski definition) is 2. The smallest absolute Gasteiger partial charge is 0.244 e. The Kier molecular flexibility index (Phi) is 8.37. The highest BCUT2D eigenvalue weighted by atomic mass is 35.5. The summed E-state index contributed by atoms with van der Waals surface area (Å²) in [6.07, 6.45) is 0.702. The van der Waals surface area contributed by atoms with Crippen molar-refractivity contribution in [1.82, 2.24) is 19.0 Å². The SMILES string of the molecule is Cc1nn(C/C(F)=C/C[NH3+])c(C(O)N(C)C)c1Cc1ccc(S(=O)(=O)N(C)C)c(Cl)c1. The second-order valence-electron chi connectivity index (χ2n) is 7.61. The molecule has 4 N–H and O–H groups in total. The fourth-order valence-corrected chi connectivity index (χ4v) is 4.57. The lowest BCUT2D eigenvalue weighted by Gasteiger charge is -2.21. The average Bonchev–Trinajstić information content (AvgIpc) is 2.95. The third-order valence-electron chi connectivity index (χ3n) is 4.83. The van der Waals surface area contributed by atoms with Gasteiger partial charge in [-0.2, -0.15) is 5.10 Å². The second kappa shape index (κ2) is 10.2. The lowest BCUT2D eigenvalue weighted by atomic mass is 10.0. The Labute approximate surface area is 187 Å². The molecule has 1 heterocycles. The Morgan fingerprint density at radius 2 is 2.00 bits per heavy atom. The minimum Gasteiger partial charge on any atom is -0.372 e. The molecule has 1 atom stereocenters. The first kappa shape index (κ1) is 25.4. The molecule has 31 heavy (non-hydrogen) atoms. The van der Waals surface area contributed by atoms with Crippen LogP contribution in [0.25, 0.3) is 0 Å². The quantitative estimate of drug-likeness (QED) is 0.533. The van der Waals surface area contributed by atoms with E-state index in [1.165, 1.54) is 30.9 Å². The third-order valence-corrected chi connectivity index (χ3v) is 7.13. The van der Waals surface area contributed by atoms with Gasteiger partial charge in [0.2, 0.25) is 10.0 Å². The first-order valence-corrected chi connectivity index (χ1v) is 11.5. The fraction of sp³-hybridized carbons (Fsp3) is 0.450. The van der Waals surface area contributed by atoms with E-state index in [-0.39, 0.29) is 16.5 Å². The van der Waals surface area contributed by atoms with Gasteiger partial charge in [-0.25, -0.2) is 17.1 Å². The maximum absolute atomic E-state index is 14.2. The zero-order valence-electron chi connectivity index (χ0n) is 18.4. The second-order valence-corrected chi connectivity index (χ2v) is 10.1. The first-order chi connectivity index (χ1) is 14.4. The van der Waals surface area contributed by atoms with Crippen molar-refractivity contribution in [2.75, 3.05) is 34.7 Å². The van der Waals surface area contributed by atoms with Crippen LogP contribution >= 0.6 is 11.6 Å². The van der Waals surface area contributed by atoms with Gasteiger partial charge in [0, 0.05) is 32.2 Å². The summed E-state index contributed by atoms with van der Waals surface area (Å²) in [5.41, 5.74) is 6.19. The molecule has 0 bridgehead atoms. The van der Waals surface area contributed by atoms with Crippen LogP contribution in [0.15, 0.2) is 35.0 Å². The highest BCUT2D eigenvalue weighted by Gasteiger charge is 2.25. The average molecular weight is 475 g/mol. The number of rotatable bonds is 9. The van der Waals surface area contributed by atoms with Crippen molar-refractivity contribution in [3.8, 4) is 0 Å². The van der Waals surface area contributed by atoms with Crippen molar-refractivity contribution in [2.45, 2.75) is 31.0 Å². The van der Waals surface area contributed by atoms with E-state index in [2.05, 4.69) is 10.8 Å². The van der Waals surface area contributed by atoms with Gasteiger partial charge in [0.05, 0.1) is 29.5 Å². The van der Waals surface area contributed by atoms with E-state index in [0.717, 1.165) is 15.4 Å². The number of allylic oxidation sites excluding steroid dienone is 1. The minimum absolute atomic E-state index is 0.0178. The fourth-order valence-electron chi connectivity index (χ4n) is 3.14. The topological polar surface area (TPSA) is 106 Å². The molecule has 0 radical (unpaired) electrons. The highest BCUT2D eigenvalue weighted by Crippen LogP contribution is 2.29. The number of quaternary nitrogens is 1. The van der Waals surface area contributed by atoms with Crippen LogP contribution in [-0.4, -0.2) is 67.2 Å². The van der Waals surface area contributed by atoms with Crippen molar-refractivity contribution < 1.29 is 23.6 Å². The summed E-state index contributed by atoms with van der Waals surface area (Å²) >= 11 is 6.28. The van der Waals surface area contributed by atoms with Crippen molar-refractivity contribution in [3.63, 3.8) is 0 Å². The molecule has 2 aromatic rings. The predicted octanol–water partition coefficient (Wildman–Crippen LogP) is 1.33. The number of aliphatic hydroxyl groups is 1. The van der Waals surface area contributed by atoms with Gasteiger partial charge in [-0.15, -0.1) is 0 Å². The summed E-state index contributed by atoms with van der Waals surface area (Å²) in [6, 6.07) is 4.73. The molecule has 1 aromatic carbocycles. The number of halogens is 2. The van der Waals surface area contributed by atoms with Crippen LogP contribution in [0.4, 0.5) is 4.39 Å². The lowest BCUT2D eigenvalue weighted by Crippen LogP contribution is -2.49. The standard InChI is InChI=1S/C20H29ClFN5O3S/c1-13-16(10-14-6-7-18(17(21)11-14)31(29,30)26(4)5)19(20(28)25(2)3)27(24-13)12-15(22)8-9-23/h6-8,11,20,28H,9-10,12,23H2,1-5H3/p+1/b15-8-. The van der Waals surface area contributed by atoms with Gasteiger partial charge in [0.1, 0.15) is 17.0 Å². The summed E-state index contributed by atoms with van der Waals surface area (Å²) in [5, 5.41) is 15.3. The summed E-state index contributed by atoms with van der Waals surface area (Å²) < 4.78 is 41.5. The maximum Gasteiger partial charge on any atom is 0.244 e. The molecule has 0 aliphatic carbocycles. The molecule has 0 aliphatic rings. The summed E-state index contributed by atoms with van der Waals surface area (Å²) in [6.45, 7) is 1.98. The maximum atomic E-state index is 14.2. The Morgan fingerprint density at radius 3 is 2.52 bits per heavy atom. The lowest BCUT2D eigenvalue weighted by molar-refractivity contribution is -0.353. The van der Waals surface area contributed by atoms with Crippen LogP contribution in [0.5, 0.6) is 0 Å². The Morgan fingerprint density at radius 1 is 1.35 bits per heavy atom. The van der Waals surface area contributed by atoms with Gasteiger partial charge in [-0.1, -0.05) is 17.7 Å². The Balaban J connectivity index is 2.50. The van der Waals surface area contributed by atoms with Crippen LogP contribution in [-0.2, 0) is 23.0 Å². The molecular formula is C20H30ClFN5O3S+. The van der Waals surface area contributed by atoms with Gasteiger partial charge >= 0.3 is 0 Å². The van der Waals surface area contributed by atoms with E-state index in [0.29, 0.717) is 24.4 Å². The summed E-state index contributed by atoms with van der Waals surface area (Å²) in [4.78, 5) is 1.61. The van der Waals surface area contributed by atoms with Crippen LogP contribution in [0.2, 0.25) is 5.02 Å². The first-order valence-electron chi connectivity index (χ1n) is 9.65. The molecule has 1 unspecified atom stereocenters. The van der Waals surface area contributed by atoms with E-state index >= 15 is 0 Å². The van der Waals surface area contributed by atoms with Gasteiger partial charge < -0.3 is 10.8 Å². The van der Waals surface area contributed by atoms with Gasteiger partial charge in [0.25, 0.3) is 0 Å². The van der Waals surface area contributed by atoms with Crippen molar-refractivity contribution in [2.24, 2.45) is 0 Å². The van der Waals surface area contributed by atoms with E-state index in [9.17, 15) is 17.9 Å². The largest absolute Gasteiger partial charge is 0.372 e. The molecule has 0 fully saturated rings. The zero-order valence-corrected chi connectivity index (χ0v) is 20.0. The number of hydrogen-bond acceptors (Lipinski definition) is 5. The predicted molar refractivity (Wildman–Crippen MR) is 118 cm³/mol. The van der Waals surface area contributed by atoms with Crippen molar-refractivity contribution in [3.05, 3.63) is 57.6 Å². The van der Waals surface area contributed by atoms with Gasteiger partial charge in [0.15, 0.2) is 0 Å². The van der Waals surface area contributed by atoms with E-state index in [1.807, 2.05) is 0 Å². The molecule has 172 valence electrons. The number of aromatic nitrogens is 2. The van der Waals surface area contributed by atoms with E-state index < -0.39 is 22.1 Å². The van der Waals surface area contributed by atoms with E-state index in [4.69, 9.17) is 11.6 Å². The number of aliphatic hydroxyl groups excluding tert-OH is 1. The number of nitrogens with zero attached hydrogens (tertiary/aromatic N) is 4. The van der Waals surface area contributed by atoms with Crippen LogP contribution in [0, 0.1) is 6.92 Å². The normalized spacial score (nSPS) is 14.0. The molecule has 0 spiro atoms. The highest BCUT2D eigenvalue weighted by molar-refractivity contribution is 7.89. The van der Waals surface area contributed by atoms with Crippen LogP contribution in [0.1, 0.15) is 28.7 Å². The van der Waals surface area contributed by atoms with Crippen molar-refractivity contribution in [1.29, 1.82) is 0 Å². The molecular weight excluding hydrogens is 445 g/mol. The number of benzene rings is 1. The number of aryl methyl sites for hydroxylation is 1. The molecule has 0 saturated carbocycles. The molecule has 2 rings (SSSR count). The monoisotopic (exact) mass is 474 g/mol. The van der Waals surface area contributed by atoms with Gasteiger partial charge in [-0.3, -0.25) is 9.58 Å².